The third-order valence-electron chi connectivity index (χ3n) is 6.38. The van der Waals surface area contributed by atoms with Crippen LogP contribution in [0.25, 0.3) is 0 Å². The zero-order chi connectivity index (χ0) is 20.5. The van der Waals surface area contributed by atoms with Gasteiger partial charge >= 0.3 is 0 Å². The summed E-state index contributed by atoms with van der Waals surface area (Å²) in [4.78, 5) is 29.6. The van der Waals surface area contributed by atoms with Crippen LogP contribution in [0, 0.1) is 0 Å². The first kappa shape index (κ1) is 19.1. The van der Waals surface area contributed by atoms with Gasteiger partial charge in [0.25, 0.3) is 5.91 Å². The fraction of sp³-hybridized carbons (Fsp3) is 0.417. The van der Waals surface area contributed by atoms with Crippen LogP contribution >= 0.6 is 0 Å². The number of carbonyl (C=O) groups is 2. The van der Waals surface area contributed by atoms with Gasteiger partial charge < -0.3 is 19.9 Å². The second-order valence-electron chi connectivity index (χ2n) is 8.50. The van der Waals surface area contributed by atoms with E-state index in [-0.39, 0.29) is 24.5 Å². The van der Waals surface area contributed by atoms with Crippen LogP contribution in [0.3, 0.4) is 0 Å². The second kappa shape index (κ2) is 8.11. The molecular weight excluding hydrogens is 378 g/mol. The molecule has 1 saturated heterocycles. The number of rotatable bonds is 4. The fourth-order valence-corrected chi connectivity index (χ4v) is 4.82. The zero-order valence-corrected chi connectivity index (χ0v) is 17.1. The summed E-state index contributed by atoms with van der Waals surface area (Å²) in [5, 5.41) is 2.83. The van der Waals surface area contributed by atoms with E-state index < -0.39 is 0 Å². The van der Waals surface area contributed by atoms with Crippen molar-refractivity contribution in [2.75, 3.05) is 31.6 Å². The van der Waals surface area contributed by atoms with Gasteiger partial charge in [-0.15, -0.1) is 0 Å². The van der Waals surface area contributed by atoms with Crippen LogP contribution < -0.4 is 10.1 Å². The van der Waals surface area contributed by atoms with Crippen molar-refractivity contribution in [2.45, 2.75) is 38.3 Å². The minimum atomic E-state index is -0.163. The van der Waals surface area contributed by atoms with E-state index in [9.17, 15) is 9.59 Å². The Hall–Kier alpha value is -2.86. The van der Waals surface area contributed by atoms with Crippen molar-refractivity contribution < 1.29 is 14.3 Å². The van der Waals surface area contributed by atoms with Gasteiger partial charge in [-0.25, -0.2) is 0 Å². The van der Waals surface area contributed by atoms with Crippen molar-refractivity contribution in [2.24, 2.45) is 0 Å². The highest BCUT2D eigenvalue weighted by Gasteiger charge is 2.31. The Kier molecular flexibility index (Phi) is 5.17. The molecule has 0 spiro atoms. The van der Waals surface area contributed by atoms with Gasteiger partial charge in [0.2, 0.25) is 5.91 Å². The summed E-state index contributed by atoms with van der Waals surface area (Å²) in [5.74, 6) is 0.630. The Balaban J connectivity index is 1.35. The highest BCUT2D eigenvalue weighted by atomic mass is 16.5. The highest BCUT2D eigenvalue weighted by Crippen LogP contribution is 2.30. The van der Waals surface area contributed by atoms with Crippen LogP contribution in [0.5, 0.6) is 5.75 Å². The van der Waals surface area contributed by atoms with E-state index in [1.165, 1.54) is 24.0 Å². The molecule has 156 valence electrons. The van der Waals surface area contributed by atoms with Crippen LogP contribution in [0.1, 0.15) is 29.5 Å². The molecule has 3 aliphatic heterocycles. The molecule has 3 heterocycles. The fourth-order valence-electron chi connectivity index (χ4n) is 4.82. The van der Waals surface area contributed by atoms with Crippen molar-refractivity contribution >= 4 is 17.5 Å². The standard InChI is InChI=1S/C24H27N3O3/c28-23-16-30-22-8-7-17(11-21(22)25-23)12-24(29)27-14-19-6-2-1-5-18(19)13-20(27)15-26-9-3-4-10-26/h1-2,5-8,11,20H,3-4,9-10,12-16H2,(H,25,28). The van der Waals surface area contributed by atoms with Gasteiger partial charge in [0, 0.05) is 19.1 Å². The average molecular weight is 405 g/mol. The molecule has 1 unspecified atom stereocenters. The van der Waals surface area contributed by atoms with E-state index in [0.29, 0.717) is 24.4 Å². The number of amides is 2. The van der Waals surface area contributed by atoms with Crippen molar-refractivity contribution in [3.8, 4) is 5.75 Å². The summed E-state index contributed by atoms with van der Waals surface area (Å²) in [5.41, 5.74) is 4.14. The van der Waals surface area contributed by atoms with Gasteiger partial charge in [0.15, 0.2) is 6.61 Å². The molecule has 2 aromatic rings. The Morgan fingerprint density at radius 3 is 2.73 bits per heavy atom. The molecule has 1 atom stereocenters. The normalized spacial score (nSPS) is 20.9. The maximum Gasteiger partial charge on any atom is 0.262 e. The molecule has 6 heteroatoms. The first-order chi connectivity index (χ1) is 14.7. The lowest BCUT2D eigenvalue weighted by molar-refractivity contribution is -0.134. The Labute approximate surface area is 176 Å². The van der Waals surface area contributed by atoms with Gasteiger partial charge in [-0.2, -0.15) is 0 Å². The Bertz CT molecular complexity index is 968. The molecule has 0 saturated carbocycles. The van der Waals surface area contributed by atoms with E-state index in [2.05, 4.69) is 39.4 Å². The van der Waals surface area contributed by atoms with Crippen molar-refractivity contribution in [1.82, 2.24) is 9.80 Å². The first-order valence-corrected chi connectivity index (χ1v) is 10.8. The average Bonchev–Trinajstić information content (AvgIpc) is 3.26. The lowest BCUT2D eigenvalue weighted by atomic mass is 9.93. The largest absolute Gasteiger partial charge is 0.482 e. The second-order valence-corrected chi connectivity index (χ2v) is 8.50. The van der Waals surface area contributed by atoms with Crippen molar-refractivity contribution in [1.29, 1.82) is 0 Å². The lowest BCUT2D eigenvalue weighted by Crippen LogP contribution is -2.50. The van der Waals surface area contributed by atoms with Crippen LogP contribution in [-0.4, -0.2) is 53.9 Å². The number of likely N-dealkylation sites (tertiary alicyclic amines) is 1. The molecule has 3 aliphatic rings. The number of hydrogen-bond acceptors (Lipinski definition) is 4. The van der Waals surface area contributed by atoms with Crippen LogP contribution in [-0.2, 0) is 29.0 Å². The molecule has 1 fully saturated rings. The van der Waals surface area contributed by atoms with Gasteiger partial charge in [-0.3, -0.25) is 9.59 Å². The smallest absolute Gasteiger partial charge is 0.262 e. The van der Waals surface area contributed by atoms with Gasteiger partial charge in [0.1, 0.15) is 5.75 Å². The van der Waals surface area contributed by atoms with Crippen LogP contribution in [0.2, 0.25) is 0 Å². The summed E-state index contributed by atoms with van der Waals surface area (Å²) >= 11 is 0. The maximum absolute atomic E-state index is 13.4. The summed E-state index contributed by atoms with van der Waals surface area (Å²) < 4.78 is 5.43. The van der Waals surface area contributed by atoms with Gasteiger partial charge in [-0.05, 0) is 61.2 Å². The number of benzene rings is 2. The van der Waals surface area contributed by atoms with E-state index in [4.69, 9.17) is 4.74 Å². The molecule has 0 aliphatic carbocycles. The number of nitrogens with one attached hydrogen (secondary N) is 1. The molecule has 6 nitrogen and oxygen atoms in total. The molecule has 0 radical (unpaired) electrons. The highest BCUT2D eigenvalue weighted by molar-refractivity contribution is 5.95. The summed E-state index contributed by atoms with van der Waals surface area (Å²) in [6.07, 6.45) is 3.73. The van der Waals surface area contributed by atoms with Crippen LogP contribution in [0.15, 0.2) is 42.5 Å². The number of ether oxygens (including phenoxy) is 1. The van der Waals surface area contributed by atoms with E-state index in [0.717, 1.165) is 31.6 Å². The number of carbonyl (C=O) groups excluding carboxylic acids is 2. The quantitative estimate of drug-likeness (QED) is 0.850. The molecule has 0 aromatic heterocycles. The predicted molar refractivity (Wildman–Crippen MR) is 114 cm³/mol. The SMILES string of the molecule is O=C1COc2ccc(CC(=O)N3Cc4ccccc4CC3CN3CCCC3)cc2N1. The number of anilines is 1. The van der Waals surface area contributed by atoms with E-state index in [1.807, 2.05) is 18.2 Å². The third-order valence-corrected chi connectivity index (χ3v) is 6.38. The van der Waals surface area contributed by atoms with Crippen molar-refractivity contribution in [3.05, 3.63) is 59.2 Å². The number of nitrogens with zero attached hydrogens (tertiary/aromatic N) is 2. The minimum Gasteiger partial charge on any atom is -0.482 e. The molecule has 2 aromatic carbocycles. The summed E-state index contributed by atoms with van der Waals surface area (Å²) in [7, 11) is 0. The van der Waals surface area contributed by atoms with E-state index >= 15 is 0 Å². The summed E-state index contributed by atoms with van der Waals surface area (Å²) in [6, 6.07) is 14.3. The minimum absolute atomic E-state index is 0.0383. The first-order valence-electron chi connectivity index (χ1n) is 10.8. The van der Waals surface area contributed by atoms with Gasteiger partial charge in [-0.1, -0.05) is 30.3 Å². The number of hydrogen-bond donors (Lipinski definition) is 1. The molecule has 2 amide bonds. The monoisotopic (exact) mass is 405 g/mol. The molecule has 0 bridgehead atoms. The predicted octanol–water partition coefficient (Wildman–Crippen LogP) is 2.61. The number of fused-ring (bicyclic) bond motifs is 2. The Morgan fingerprint density at radius 2 is 1.90 bits per heavy atom. The van der Waals surface area contributed by atoms with Gasteiger partial charge in [0.05, 0.1) is 12.1 Å². The lowest BCUT2D eigenvalue weighted by Gasteiger charge is -2.39. The maximum atomic E-state index is 13.4. The van der Waals surface area contributed by atoms with E-state index in [1.54, 1.807) is 0 Å². The molecule has 30 heavy (non-hydrogen) atoms. The topological polar surface area (TPSA) is 61.9 Å². The zero-order valence-electron chi connectivity index (χ0n) is 17.1. The third kappa shape index (κ3) is 3.92. The van der Waals surface area contributed by atoms with Crippen LogP contribution in [0.4, 0.5) is 5.69 Å². The molecule has 1 N–H and O–H groups in total. The molecular formula is C24H27N3O3. The Morgan fingerprint density at radius 1 is 1.10 bits per heavy atom. The molecule has 5 rings (SSSR count). The summed E-state index contributed by atoms with van der Waals surface area (Å²) in [6.45, 7) is 3.90. The van der Waals surface area contributed by atoms with Crippen molar-refractivity contribution in [3.63, 3.8) is 0 Å².